The first-order chi connectivity index (χ1) is 7.79. The molecule has 84 valence electrons. The van der Waals surface area contributed by atoms with Gasteiger partial charge in [-0.05, 0) is 18.6 Å². The van der Waals surface area contributed by atoms with Crippen LogP contribution in [0, 0.1) is 0 Å². The number of nitrogens with two attached hydrogens (primary N) is 1. The van der Waals surface area contributed by atoms with Crippen LogP contribution in [-0.4, -0.2) is 15.1 Å². The normalized spacial score (nSPS) is 10.6. The maximum absolute atomic E-state index is 5.50. The Hall–Kier alpha value is -1.91. The van der Waals surface area contributed by atoms with Gasteiger partial charge in [-0.25, -0.2) is 4.98 Å². The van der Waals surface area contributed by atoms with Crippen LogP contribution >= 0.6 is 0 Å². The van der Waals surface area contributed by atoms with Gasteiger partial charge in [0.05, 0.1) is 5.56 Å². The first-order valence-corrected chi connectivity index (χ1v) is 5.34. The van der Waals surface area contributed by atoms with Crippen LogP contribution < -0.4 is 5.73 Å². The van der Waals surface area contributed by atoms with Crippen molar-refractivity contribution in [3.8, 4) is 11.5 Å². The zero-order valence-electron chi connectivity index (χ0n) is 9.18. The molecule has 16 heavy (non-hydrogen) atoms. The van der Waals surface area contributed by atoms with Crippen LogP contribution in [0.1, 0.15) is 25.6 Å². The molecule has 5 heteroatoms. The molecule has 0 saturated carbocycles. The Morgan fingerprint density at radius 2 is 2.25 bits per heavy atom. The third kappa shape index (κ3) is 2.36. The van der Waals surface area contributed by atoms with Crippen LogP contribution in [0.4, 0.5) is 5.82 Å². The molecule has 0 aliphatic rings. The third-order valence-electron chi connectivity index (χ3n) is 2.26. The first-order valence-electron chi connectivity index (χ1n) is 5.34. The highest BCUT2D eigenvalue weighted by Crippen LogP contribution is 2.17. The Morgan fingerprint density at radius 1 is 1.38 bits per heavy atom. The maximum atomic E-state index is 5.50. The zero-order valence-corrected chi connectivity index (χ0v) is 9.18. The summed E-state index contributed by atoms with van der Waals surface area (Å²) in [6, 6.07) is 3.53. The number of anilines is 1. The van der Waals surface area contributed by atoms with E-state index >= 15 is 0 Å². The van der Waals surface area contributed by atoms with Gasteiger partial charge in [-0.3, -0.25) is 0 Å². The molecule has 0 spiro atoms. The Kier molecular flexibility index (Phi) is 3.14. The predicted octanol–water partition coefficient (Wildman–Crippen LogP) is 2.06. The topological polar surface area (TPSA) is 77.8 Å². The van der Waals surface area contributed by atoms with Crippen molar-refractivity contribution >= 4 is 5.82 Å². The Labute approximate surface area is 93.7 Å². The van der Waals surface area contributed by atoms with E-state index in [1.807, 2.05) is 6.07 Å². The van der Waals surface area contributed by atoms with E-state index in [0.29, 0.717) is 11.7 Å². The van der Waals surface area contributed by atoms with Crippen LogP contribution in [0.5, 0.6) is 0 Å². The van der Waals surface area contributed by atoms with Crippen LogP contribution in [-0.2, 0) is 6.42 Å². The summed E-state index contributed by atoms with van der Waals surface area (Å²) in [5.41, 5.74) is 6.29. The van der Waals surface area contributed by atoms with E-state index in [9.17, 15) is 0 Å². The lowest BCUT2D eigenvalue weighted by molar-refractivity contribution is 0.421. The number of rotatable bonds is 4. The second-order valence-corrected chi connectivity index (χ2v) is 3.59. The van der Waals surface area contributed by atoms with Gasteiger partial charge >= 0.3 is 0 Å². The molecule has 0 fully saturated rings. The van der Waals surface area contributed by atoms with Gasteiger partial charge in [-0.15, -0.1) is 0 Å². The second kappa shape index (κ2) is 4.74. The lowest BCUT2D eigenvalue weighted by atomic mass is 10.2. The minimum atomic E-state index is 0.481. The van der Waals surface area contributed by atoms with E-state index in [-0.39, 0.29) is 0 Å². The molecule has 2 heterocycles. The largest absolute Gasteiger partial charge is 0.384 e. The molecule has 2 N–H and O–H groups in total. The van der Waals surface area contributed by atoms with E-state index in [2.05, 4.69) is 22.0 Å². The molecule has 0 radical (unpaired) electrons. The van der Waals surface area contributed by atoms with Crippen LogP contribution in [0.3, 0.4) is 0 Å². The summed E-state index contributed by atoms with van der Waals surface area (Å²) >= 11 is 0. The molecule has 2 aromatic heterocycles. The smallest absolute Gasteiger partial charge is 0.259 e. The highest BCUT2D eigenvalue weighted by Gasteiger charge is 2.08. The van der Waals surface area contributed by atoms with Gasteiger partial charge in [0.15, 0.2) is 5.82 Å². The summed E-state index contributed by atoms with van der Waals surface area (Å²) in [5.74, 6) is 1.72. The number of hydrogen-bond acceptors (Lipinski definition) is 5. The molecule has 2 aromatic rings. The maximum Gasteiger partial charge on any atom is 0.259 e. The van der Waals surface area contributed by atoms with Crippen molar-refractivity contribution in [3.63, 3.8) is 0 Å². The van der Waals surface area contributed by atoms with E-state index in [0.717, 1.165) is 30.7 Å². The van der Waals surface area contributed by atoms with Gasteiger partial charge in [0.1, 0.15) is 5.82 Å². The average Bonchev–Trinajstić information content (AvgIpc) is 2.76. The van der Waals surface area contributed by atoms with Crippen LogP contribution in [0.2, 0.25) is 0 Å². The van der Waals surface area contributed by atoms with Gasteiger partial charge in [-0.1, -0.05) is 18.5 Å². The molecule has 0 unspecified atom stereocenters. The van der Waals surface area contributed by atoms with Crippen molar-refractivity contribution < 1.29 is 4.52 Å². The van der Waals surface area contributed by atoms with E-state index in [4.69, 9.17) is 10.3 Å². The molecular formula is C11H14N4O. The van der Waals surface area contributed by atoms with Gasteiger partial charge in [0, 0.05) is 12.6 Å². The number of nitrogens with zero attached hydrogens (tertiary/aromatic N) is 3. The van der Waals surface area contributed by atoms with Gasteiger partial charge in [0.2, 0.25) is 0 Å². The molecular weight excluding hydrogens is 204 g/mol. The fourth-order valence-corrected chi connectivity index (χ4v) is 1.34. The number of unbranched alkanes of at least 4 members (excludes halogenated alkanes) is 1. The van der Waals surface area contributed by atoms with Crippen LogP contribution in [0.15, 0.2) is 22.9 Å². The fraction of sp³-hybridized carbons (Fsp3) is 0.364. The lowest BCUT2D eigenvalue weighted by Gasteiger charge is -1.93. The standard InChI is InChI=1S/C11H14N4O/c1-2-3-4-10-14-11(16-15-10)8-5-6-9(12)13-7-8/h5-7H,2-4H2,1H3,(H2,12,13). The third-order valence-corrected chi connectivity index (χ3v) is 2.26. The number of aryl methyl sites for hydroxylation is 1. The molecule has 0 amide bonds. The summed E-state index contributed by atoms with van der Waals surface area (Å²) in [6.45, 7) is 2.13. The second-order valence-electron chi connectivity index (χ2n) is 3.59. The average molecular weight is 218 g/mol. The summed E-state index contributed by atoms with van der Waals surface area (Å²) in [4.78, 5) is 8.27. The Balaban J connectivity index is 2.15. The van der Waals surface area contributed by atoms with Crippen LogP contribution in [0.25, 0.3) is 11.5 Å². The van der Waals surface area contributed by atoms with Crippen molar-refractivity contribution in [1.82, 2.24) is 15.1 Å². The van der Waals surface area contributed by atoms with Crippen molar-refractivity contribution in [3.05, 3.63) is 24.2 Å². The van der Waals surface area contributed by atoms with E-state index in [1.165, 1.54) is 0 Å². The summed E-state index contributed by atoms with van der Waals surface area (Å²) in [5, 5.41) is 3.91. The quantitative estimate of drug-likeness (QED) is 0.849. The highest BCUT2D eigenvalue weighted by molar-refractivity contribution is 5.53. The molecule has 0 saturated heterocycles. The monoisotopic (exact) mass is 218 g/mol. The summed E-state index contributed by atoms with van der Waals surface area (Å²) in [7, 11) is 0. The van der Waals surface area contributed by atoms with E-state index in [1.54, 1.807) is 12.3 Å². The highest BCUT2D eigenvalue weighted by atomic mass is 16.5. The zero-order chi connectivity index (χ0) is 11.4. The molecule has 0 aliphatic heterocycles. The molecule has 5 nitrogen and oxygen atoms in total. The van der Waals surface area contributed by atoms with Crippen molar-refractivity contribution in [2.45, 2.75) is 26.2 Å². The predicted molar refractivity (Wildman–Crippen MR) is 60.6 cm³/mol. The van der Waals surface area contributed by atoms with Crippen molar-refractivity contribution in [2.24, 2.45) is 0 Å². The van der Waals surface area contributed by atoms with Gasteiger partial charge < -0.3 is 10.3 Å². The van der Waals surface area contributed by atoms with Gasteiger partial charge in [0.25, 0.3) is 5.89 Å². The first kappa shape index (κ1) is 10.6. The Bertz CT molecular complexity index is 449. The van der Waals surface area contributed by atoms with Crippen molar-refractivity contribution in [2.75, 3.05) is 5.73 Å². The SMILES string of the molecule is CCCCc1noc(-c2ccc(N)nc2)n1. The summed E-state index contributed by atoms with van der Waals surface area (Å²) < 4.78 is 5.15. The minimum Gasteiger partial charge on any atom is -0.384 e. The van der Waals surface area contributed by atoms with Gasteiger partial charge in [-0.2, -0.15) is 4.98 Å². The molecule has 0 aliphatic carbocycles. The minimum absolute atomic E-state index is 0.481. The summed E-state index contributed by atoms with van der Waals surface area (Å²) in [6.07, 6.45) is 4.67. The lowest BCUT2D eigenvalue weighted by Crippen LogP contribution is -1.90. The number of aromatic nitrogens is 3. The Morgan fingerprint density at radius 3 is 2.94 bits per heavy atom. The number of nitrogen functional groups attached to an aromatic ring is 1. The molecule has 0 atom stereocenters. The number of hydrogen-bond donors (Lipinski definition) is 1. The molecule has 0 bridgehead atoms. The fourth-order valence-electron chi connectivity index (χ4n) is 1.34. The van der Waals surface area contributed by atoms with E-state index < -0.39 is 0 Å². The molecule has 2 rings (SSSR count). The molecule has 0 aromatic carbocycles. The van der Waals surface area contributed by atoms with Crippen molar-refractivity contribution in [1.29, 1.82) is 0 Å². The number of pyridine rings is 1.